The van der Waals surface area contributed by atoms with E-state index in [1.54, 1.807) is 12.0 Å². The van der Waals surface area contributed by atoms with Crippen LogP contribution < -0.4 is 15.0 Å². The van der Waals surface area contributed by atoms with Crippen LogP contribution in [-0.2, 0) is 9.59 Å². The smallest absolute Gasteiger partial charge is 0.227 e. The van der Waals surface area contributed by atoms with Crippen LogP contribution in [0.15, 0.2) is 24.3 Å². The molecule has 6 nitrogen and oxygen atoms in total. The second kappa shape index (κ2) is 7.97. The second-order valence-electron chi connectivity index (χ2n) is 5.79. The zero-order chi connectivity index (χ0) is 16.8. The van der Waals surface area contributed by atoms with Crippen LogP contribution >= 0.6 is 0 Å². The quantitative estimate of drug-likeness (QED) is 0.818. The number of benzene rings is 1. The predicted octanol–water partition coefficient (Wildman–Crippen LogP) is 1.12. The molecule has 1 heterocycles. The lowest BCUT2D eigenvalue weighted by Crippen LogP contribution is -2.37. The highest BCUT2D eigenvalue weighted by atomic mass is 16.5. The normalized spacial score (nSPS) is 17.7. The van der Waals surface area contributed by atoms with Gasteiger partial charge < -0.3 is 19.9 Å². The van der Waals surface area contributed by atoms with E-state index in [0.29, 0.717) is 13.1 Å². The largest absolute Gasteiger partial charge is 0.497 e. The predicted molar refractivity (Wildman–Crippen MR) is 89.6 cm³/mol. The molecule has 2 amide bonds. The lowest BCUT2D eigenvalue weighted by atomic mass is 10.1. The van der Waals surface area contributed by atoms with Gasteiger partial charge in [0.15, 0.2) is 0 Å². The van der Waals surface area contributed by atoms with Crippen molar-refractivity contribution in [2.45, 2.75) is 13.3 Å². The van der Waals surface area contributed by atoms with Crippen LogP contribution in [0.3, 0.4) is 0 Å². The second-order valence-corrected chi connectivity index (χ2v) is 5.79. The summed E-state index contributed by atoms with van der Waals surface area (Å²) >= 11 is 0. The third kappa shape index (κ3) is 4.45. The van der Waals surface area contributed by atoms with Crippen molar-refractivity contribution >= 4 is 17.5 Å². The standard InChI is InChI=1S/C17H25N3O3/c1-4-19(2)10-9-18-17(22)13-11-16(21)20(12-13)14-5-7-15(23-3)8-6-14/h5-8,13H,4,9-12H2,1-3H3,(H,18,22)/t13-/m1/s1. The maximum Gasteiger partial charge on any atom is 0.227 e. The number of amides is 2. The summed E-state index contributed by atoms with van der Waals surface area (Å²) in [6.45, 7) is 4.87. The third-order valence-corrected chi connectivity index (χ3v) is 4.21. The molecule has 2 rings (SSSR count). The number of ether oxygens (including phenoxy) is 1. The van der Waals surface area contributed by atoms with Gasteiger partial charge in [-0.2, -0.15) is 0 Å². The summed E-state index contributed by atoms with van der Waals surface area (Å²) in [6, 6.07) is 7.31. The van der Waals surface area contributed by atoms with Gasteiger partial charge in [0.2, 0.25) is 11.8 Å². The van der Waals surface area contributed by atoms with E-state index >= 15 is 0 Å². The van der Waals surface area contributed by atoms with Gasteiger partial charge in [-0.1, -0.05) is 6.92 Å². The summed E-state index contributed by atoms with van der Waals surface area (Å²) in [7, 11) is 3.61. The average Bonchev–Trinajstić information content (AvgIpc) is 2.96. The molecule has 126 valence electrons. The molecular formula is C17H25N3O3. The minimum absolute atomic E-state index is 0.0130. The zero-order valence-corrected chi connectivity index (χ0v) is 14.0. The topological polar surface area (TPSA) is 61.9 Å². The molecule has 1 fully saturated rings. The van der Waals surface area contributed by atoms with Crippen LogP contribution in [0.25, 0.3) is 0 Å². The summed E-state index contributed by atoms with van der Waals surface area (Å²) in [5.74, 6) is 0.408. The van der Waals surface area contributed by atoms with Crippen molar-refractivity contribution in [1.29, 1.82) is 0 Å². The fraction of sp³-hybridized carbons (Fsp3) is 0.529. The van der Waals surface area contributed by atoms with Crippen LogP contribution in [0.2, 0.25) is 0 Å². The van der Waals surface area contributed by atoms with Gasteiger partial charge in [-0.05, 0) is 37.9 Å². The Morgan fingerprint density at radius 2 is 2.09 bits per heavy atom. The van der Waals surface area contributed by atoms with Crippen molar-refractivity contribution in [3.8, 4) is 5.75 Å². The first-order chi connectivity index (χ1) is 11.0. The Balaban J connectivity index is 1.89. The Bertz CT molecular complexity index is 545. The Kier molecular flexibility index (Phi) is 5.98. The van der Waals surface area contributed by atoms with E-state index in [1.165, 1.54) is 0 Å². The van der Waals surface area contributed by atoms with E-state index in [0.717, 1.165) is 24.5 Å². The molecule has 1 aliphatic heterocycles. The van der Waals surface area contributed by atoms with Crippen LogP contribution in [0, 0.1) is 5.92 Å². The Labute approximate surface area is 137 Å². The van der Waals surface area contributed by atoms with Gasteiger partial charge >= 0.3 is 0 Å². The molecule has 6 heteroatoms. The summed E-state index contributed by atoms with van der Waals surface area (Å²) in [5.41, 5.74) is 0.803. The molecule has 1 aromatic rings. The van der Waals surface area contributed by atoms with Gasteiger partial charge in [0.25, 0.3) is 0 Å². The van der Waals surface area contributed by atoms with Crippen LogP contribution in [-0.4, -0.2) is 57.1 Å². The molecule has 0 unspecified atom stereocenters. The first-order valence-corrected chi connectivity index (χ1v) is 7.95. The Hall–Kier alpha value is -2.08. The molecule has 1 N–H and O–H groups in total. The molecule has 0 radical (unpaired) electrons. The zero-order valence-electron chi connectivity index (χ0n) is 14.0. The molecule has 1 aliphatic rings. The van der Waals surface area contributed by atoms with Crippen molar-refractivity contribution in [3.63, 3.8) is 0 Å². The van der Waals surface area contributed by atoms with E-state index in [-0.39, 0.29) is 24.2 Å². The highest BCUT2D eigenvalue weighted by molar-refractivity contribution is 6.00. The van der Waals surface area contributed by atoms with Crippen LogP contribution in [0.1, 0.15) is 13.3 Å². The molecule has 1 saturated heterocycles. The van der Waals surface area contributed by atoms with Crippen molar-refractivity contribution in [2.24, 2.45) is 5.92 Å². The molecule has 0 spiro atoms. The number of anilines is 1. The van der Waals surface area contributed by atoms with Gasteiger partial charge in [-0.15, -0.1) is 0 Å². The van der Waals surface area contributed by atoms with E-state index in [9.17, 15) is 9.59 Å². The maximum absolute atomic E-state index is 12.2. The third-order valence-electron chi connectivity index (χ3n) is 4.21. The van der Waals surface area contributed by atoms with Gasteiger partial charge in [-0.25, -0.2) is 0 Å². The molecular weight excluding hydrogens is 294 g/mol. The summed E-state index contributed by atoms with van der Waals surface area (Å²) in [5, 5.41) is 2.92. The summed E-state index contributed by atoms with van der Waals surface area (Å²) < 4.78 is 5.12. The van der Waals surface area contributed by atoms with Crippen molar-refractivity contribution in [1.82, 2.24) is 10.2 Å². The first-order valence-electron chi connectivity index (χ1n) is 7.95. The molecule has 0 saturated carbocycles. The van der Waals surface area contributed by atoms with Gasteiger partial charge in [-0.3, -0.25) is 9.59 Å². The number of hydrogen-bond donors (Lipinski definition) is 1. The molecule has 1 aromatic carbocycles. The molecule has 0 aromatic heterocycles. The Morgan fingerprint density at radius 1 is 1.39 bits per heavy atom. The van der Waals surface area contributed by atoms with Crippen molar-refractivity contribution in [3.05, 3.63) is 24.3 Å². The number of nitrogens with one attached hydrogen (secondary N) is 1. The molecule has 1 atom stereocenters. The number of carbonyl (C=O) groups excluding carboxylic acids is 2. The van der Waals surface area contributed by atoms with E-state index in [1.807, 2.05) is 31.3 Å². The number of hydrogen-bond acceptors (Lipinski definition) is 4. The monoisotopic (exact) mass is 319 g/mol. The van der Waals surface area contributed by atoms with Gasteiger partial charge in [0.05, 0.1) is 13.0 Å². The van der Waals surface area contributed by atoms with E-state index < -0.39 is 0 Å². The average molecular weight is 319 g/mol. The first kappa shape index (κ1) is 17.3. The Morgan fingerprint density at radius 3 is 2.70 bits per heavy atom. The number of nitrogens with zero attached hydrogens (tertiary/aromatic N) is 2. The van der Waals surface area contributed by atoms with Crippen molar-refractivity contribution in [2.75, 3.05) is 45.2 Å². The van der Waals surface area contributed by atoms with E-state index in [4.69, 9.17) is 4.74 Å². The lowest BCUT2D eigenvalue weighted by molar-refractivity contribution is -0.126. The van der Waals surface area contributed by atoms with Crippen LogP contribution in [0.5, 0.6) is 5.75 Å². The minimum Gasteiger partial charge on any atom is -0.497 e. The molecule has 0 aliphatic carbocycles. The van der Waals surface area contributed by atoms with Crippen molar-refractivity contribution < 1.29 is 14.3 Å². The van der Waals surface area contributed by atoms with E-state index in [2.05, 4.69) is 17.1 Å². The SMILES string of the molecule is CCN(C)CCNC(=O)[C@@H]1CC(=O)N(c2ccc(OC)cc2)C1. The van der Waals surface area contributed by atoms with Gasteiger partial charge in [0.1, 0.15) is 5.75 Å². The number of rotatable bonds is 7. The highest BCUT2D eigenvalue weighted by Gasteiger charge is 2.34. The summed E-state index contributed by atoms with van der Waals surface area (Å²) in [4.78, 5) is 28.2. The highest BCUT2D eigenvalue weighted by Crippen LogP contribution is 2.26. The number of carbonyl (C=O) groups is 2. The lowest BCUT2D eigenvalue weighted by Gasteiger charge is -2.18. The van der Waals surface area contributed by atoms with Gasteiger partial charge in [0, 0.05) is 31.7 Å². The molecule has 0 bridgehead atoms. The minimum atomic E-state index is -0.281. The maximum atomic E-state index is 12.2. The summed E-state index contributed by atoms with van der Waals surface area (Å²) in [6.07, 6.45) is 0.265. The number of likely N-dealkylation sites (N-methyl/N-ethyl adjacent to an activating group) is 1. The molecule has 23 heavy (non-hydrogen) atoms. The fourth-order valence-corrected chi connectivity index (χ4v) is 2.57. The van der Waals surface area contributed by atoms with Crippen LogP contribution in [0.4, 0.5) is 5.69 Å². The fourth-order valence-electron chi connectivity index (χ4n) is 2.57. The number of methoxy groups -OCH3 is 1.